The Kier molecular flexibility index (Phi) is 8.79. The zero-order valence-corrected chi connectivity index (χ0v) is 23.7. The highest BCUT2D eigenvalue weighted by molar-refractivity contribution is 14.1. The molecule has 3 aromatic rings. The average Bonchev–Trinajstić information content (AvgIpc) is 3.11. The van der Waals surface area contributed by atoms with Crippen LogP contribution in [0.4, 0.5) is 23.7 Å². The predicted molar refractivity (Wildman–Crippen MR) is 150 cm³/mol. The number of benzene rings is 3. The van der Waals surface area contributed by atoms with Crippen LogP contribution >= 0.6 is 56.9 Å². The first-order valence-corrected chi connectivity index (χ1v) is 13.5. The quantitative estimate of drug-likeness (QED) is 0.168. The molecule has 0 atom stereocenters. The van der Waals surface area contributed by atoms with Crippen LogP contribution in [0.5, 0.6) is 5.75 Å². The summed E-state index contributed by atoms with van der Waals surface area (Å²) in [5, 5.41) is 1.35. The van der Waals surface area contributed by atoms with Crippen LogP contribution in [0.15, 0.2) is 59.5 Å². The summed E-state index contributed by atoms with van der Waals surface area (Å²) in [7, 11) is 0. The lowest BCUT2D eigenvalue weighted by Crippen LogP contribution is -2.36. The molecule has 0 bridgehead atoms. The Morgan fingerprint density at radius 1 is 1.03 bits per heavy atom. The van der Waals surface area contributed by atoms with E-state index in [2.05, 4.69) is 45.2 Å². The van der Waals surface area contributed by atoms with Crippen LogP contribution < -0.4 is 10.1 Å². The van der Waals surface area contributed by atoms with E-state index in [4.69, 9.17) is 4.74 Å². The first-order chi connectivity index (χ1) is 17.6. The summed E-state index contributed by atoms with van der Waals surface area (Å²) < 4.78 is 48.1. The van der Waals surface area contributed by atoms with Gasteiger partial charge in [-0.15, -0.1) is 0 Å². The van der Waals surface area contributed by atoms with Crippen LogP contribution in [-0.2, 0) is 16.2 Å². The van der Waals surface area contributed by atoms with Crippen molar-refractivity contribution in [2.24, 2.45) is 0 Å². The maximum Gasteiger partial charge on any atom is 0.294 e. The maximum absolute atomic E-state index is 13.9. The zero-order valence-electron chi connectivity index (χ0n) is 18.6. The second kappa shape index (κ2) is 11.9. The minimum absolute atomic E-state index is 0.0687. The molecule has 0 aromatic heterocycles. The Morgan fingerprint density at radius 2 is 1.76 bits per heavy atom. The summed E-state index contributed by atoms with van der Waals surface area (Å²) in [5.41, 5.74) is 0.915. The number of carbonyl (C=O) groups excluding carboxylic acids is 3. The van der Waals surface area contributed by atoms with Crippen molar-refractivity contribution < 1.29 is 32.3 Å². The van der Waals surface area contributed by atoms with E-state index in [0.29, 0.717) is 40.6 Å². The third kappa shape index (κ3) is 6.46. The molecule has 6 nitrogen and oxygen atoms in total. The van der Waals surface area contributed by atoms with Crippen molar-refractivity contribution >= 4 is 85.8 Å². The van der Waals surface area contributed by atoms with Gasteiger partial charge in [0.2, 0.25) is 5.91 Å². The number of thioether (sulfide) groups is 1. The molecule has 1 N–H and O–H groups in total. The van der Waals surface area contributed by atoms with Crippen molar-refractivity contribution in [3.8, 4) is 5.75 Å². The summed E-state index contributed by atoms with van der Waals surface area (Å²) >= 11 is 4.90. The zero-order chi connectivity index (χ0) is 26.7. The minimum Gasteiger partial charge on any atom is -0.487 e. The van der Waals surface area contributed by atoms with Gasteiger partial charge in [-0.1, -0.05) is 30.3 Å². The Morgan fingerprint density at radius 3 is 2.49 bits per heavy atom. The van der Waals surface area contributed by atoms with Gasteiger partial charge in [0.05, 0.1) is 14.2 Å². The smallest absolute Gasteiger partial charge is 0.294 e. The number of imide groups is 1. The number of amides is 3. The normalized spacial score (nSPS) is 14.4. The van der Waals surface area contributed by atoms with Crippen LogP contribution in [0.3, 0.4) is 0 Å². The number of nitrogens with one attached hydrogen (secondary N) is 1. The van der Waals surface area contributed by atoms with Crippen LogP contribution in [0.25, 0.3) is 6.08 Å². The van der Waals surface area contributed by atoms with Gasteiger partial charge in [0.1, 0.15) is 18.9 Å². The fraction of sp³-hybridized carbons (Fsp3) is 0.0800. The van der Waals surface area contributed by atoms with Gasteiger partial charge in [-0.3, -0.25) is 19.3 Å². The molecule has 1 aliphatic heterocycles. The summed E-state index contributed by atoms with van der Waals surface area (Å²) in [6.45, 7) is -0.442. The fourth-order valence-corrected chi connectivity index (χ4v) is 6.18. The van der Waals surface area contributed by atoms with Crippen LogP contribution in [0.2, 0.25) is 0 Å². The molecular formula is C25H15F3I2N2O4S. The number of nitrogens with zero attached hydrogens (tertiary/aromatic N) is 1. The van der Waals surface area contributed by atoms with E-state index in [1.807, 2.05) is 41.7 Å². The highest BCUT2D eigenvalue weighted by atomic mass is 127. The van der Waals surface area contributed by atoms with Crippen LogP contribution in [-0.4, -0.2) is 28.5 Å². The topological polar surface area (TPSA) is 75.7 Å². The standard InChI is InChI=1S/C25H15F3I2N2O4S/c26-16-6-7-18(22(28)21(16)27)31-20(33)11-32-24(34)19(37-25(32)35)9-14-8-15(29)10-17(30)23(14)36-12-13-4-2-1-3-5-13/h1-10H,11-12H2,(H,31,33)/b19-9+. The van der Waals surface area contributed by atoms with E-state index in [0.717, 1.165) is 18.8 Å². The lowest BCUT2D eigenvalue weighted by Gasteiger charge is -2.14. The minimum atomic E-state index is -1.75. The second-order valence-electron chi connectivity index (χ2n) is 7.62. The van der Waals surface area contributed by atoms with Gasteiger partial charge < -0.3 is 10.1 Å². The van der Waals surface area contributed by atoms with E-state index in [1.165, 1.54) is 6.08 Å². The summed E-state index contributed by atoms with van der Waals surface area (Å²) in [6, 6.07) is 14.7. The molecule has 4 rings (SSSR count). The molecule has 37 heavy (non-hydrogen) atoms. The van der Waals surface area contributed by atoms with Gasteiger partial charge in [-0.25, -0.2) is 13.2 Å². The van der Waals surface area contributed by atoms with Gasteiger partial charge >= 0.3 is 0 Å². The molecule has 12 heteroatoms. The molecule has 3 aromatic carbocycles. The van der Waals surface area contributed by atoms with Crippen molar-refractivity contribution in [1.82, 2.24) is 4.90 Å². The Bertz CT molecular complexity index is 1440. The van der Waals surface area contributed by atoms with Gasteiger partial charge in [0.15, 0.2) is 17.5 Å². The fourth-order valence-electron chi connectivity index (χ4n) is 3.30. The number of anilines is 1. The Hall–Kier alpha value is -2.59. The lowest BCUT2D eigenvalue weighted by atomic mass is 10.1. The lowest BCUT2D eigenvalue weighted by molar-refractivity contribution is -0.127. The van der Waals surface area contributed by atoms with Gasteiger partial charge in [-0.05, 0) is 92.8 Å². The Balaban J connectivity index is 1.52. The van der Waals surface area contributed by atoms with E-state index in [-0.39, 0.29) is 4.91 Å². The largest absolute Gasteiger partial charge is 0.487 e. The number of halogens is 5. The molecule has 0 radical (unpaired) electrons. The van der Waals surface area contributed by atoms with E-state index in [1.54, 1.807) is 6.07 Å². The first kappa shape index (κ1) is 27.4. The highest BCUT2D eigenvalue weighted by Crippen LogP contribution is 2.36. The molecule has 0 aliphatic carbocycles. The molecule has 0 saturated carbocycles. The van der Waals surface area contributed by atoms with Crippen molar-refractivity contribution in [3.63, 3.8) is 0 Å². The number of rotatable bonds is 7. The number of hydrogen-bond donors (Lipinski definition) is 1. The third-order valence-corrected chi connectivity index (χ3v) is 7.37. The molecular weight excluding hydrogens is 735 g/mol. The molecule has 1 aliphatic rings. The van der Waals surface area contributed by atoms with E-state index >= 15 is 0 Å². The number of carbonyl (C=O) groups is 3. The van der Waals surface area contributed by atoms with Gasteiger partial charge in [0, 0.05) is 9.13 Å². The number of hydrogen-bond acceptors (Lipinski definition) is 5. The average molecular weight is 750 g/mol. The molecule has 0 spiro atoms. The summed E-state index contributed by atoms with van der Waals surface area (Å²) in [5.74, 6) is -5.89. The molecule has 0 unspecified atom stereocenters. The molecule has 1 saturated heterocycles. The number of ether oxygens (including phenoxy) is 1. The Labute approximate surface area is 240 Å². The van der Waals surface area contributed by atoms with E-state index < -0.39 is 46.7 Å². The van der Waals surface area contributed by atoms with E-state index in [9.17, 15) is 27.6 Å². The molecule has 190 valence electrons. The SMILES string of the molecule is O=C(CN1C(=O)S/C(=C/c2cc(I)cc(I)c2OCc2ccccc2)C1=O)Nc1ccc(F)c(F)c1F. The van der Waals surface area contributed by atoms with Gasteiger partial charge in [0.25, 0.3) is 11.1 Å². The maximum atomic E-state index is 13.9. The van der Waals surface area contributed by atoms with Crippen molar-refractivity contribution in [3.05, 3.63) is 95.2 Å². The van der Waals surface area contributed by atoms with Crippen molar-refractivity contribution in [2.75, 3.05) is 11.9 Å². The second-order valence-corrected chi connectivity index (χ2v) is 11.0. The summed E-state index contributed by atoms with van der Waals surface area (Å²) in [6.07, 6.45) is 1.52. The van der Waals surface area contributed by atoms with Crippen molar-refractivity contribution in [1.29, 1.82) is 0 Å². The van der Waals surface area contributed by atoms with Crippen LogP contribution in [0, 0.1) is 24.6 Å². The molecule has 1 heterocycles. The van der Waals surface area contributed by atoms with Crippen molar-refractivity contribution in [2.45, 2.75) is 6.61 Å². The van der Waals surface area contributed by atoms with Crippen LogP contribution in [0.1, 0.15) is 11.1 Å². The monoisotopic (exact) mass is 750 g/mol. The summed E-state index contributed by atoms with van der Waals surface area (Å²) in [4.78, 5) is 38.5. The first-order valence-electron chi connectivity index (χ1n) is 10.5. The molecule has 1 fully saturated rings. The highest BCUT2D eigenvalue weighted by Gasteiger charge is 2.36. The predicted octanol–water partition coefficient (Wildman–Crippen LogP) is 6.57. The molecule has 3 amide bonds. The third-order valence-electron chi connectivity index (χ3n) is 5.03. The van der Waals surface area contributed by atoms with Gasteiger partial charge in [-0.2, -0.15) is 0 Å².